The lowest BCUT2D eigenvalue weighted by Gasteiger charge is -2.31. The predicted octanol–water partition coefficient (Wildman–Crippen LogP) is 0.172. The number of aromatic nitrogens is 2. The third-order valence-electron chi connectivity index (χ3n) is 3.06. The second-order valence-corrected chi connectivity index (χ2v) is 6.00. The van der Waals surface area contributed by atoms with E-state index in [4.69, 9.17) is 0 Å². The van der Waals surface area contributed by atoms with Gasteiger partial charge in [-0.15, -0.1) is 0 Å². The number of piperidine rings is 1. The van der Waals surface area contributed by atoms with E-state index < -0.39 is 10.0 Å². The van der Waals surface area contributed by atoms with Crippen LogP contribution >= 0.6 is 0 Å². The van der Waals surface area contributed by atoms with Crippen LogP contribution in [-0.2, 0) is 10.0 Å². The average molecular weight is 258 g/mol. The minimum absolute atomic E-state index is 0.00333. The van der Waals surface area contributed by atoms with Crippen LogP contribution in [-0.4, -0.2) is 49.2 Å². The second kappa shape index (κ2) is 5.16. The maximum Gasteiger partial charge on any atom is 0.243 e. The molecule has 7 heteroatoms. The minimum atomic E-state index is -3.42. The van der Waals surface area contributed by atoms with Crippen LogP contribution in [0.25, 0.3) is 0 Å². The number of likely N-dealkylation sites (N-methyl/N-ethyl adjacent to an activating group) is 1. The lowest BCUT2D eigenvalue weighted by Crippen LogP contribution is -2.47. The number of nitrogens with zero attached hydrogens (tertiary/aromatic N) is 2. The molecule has 1 saturated heterocycles. The molecule has 1 atom stereocenters. The summed E-state index contributed by atoms with van der Waals surface area (Å²) in [6.45, 7) is 4.89. The van der Waals surface area contributed by atoms with Crippen molar-refractivity contribution in [2.75, 3.05) is 19.6 Å². The number of sulfonamides is 1. The third-order valence-corrected chi connectivity index (χ3v) is 4.55. The van der Waals surface area contributed by atoms with E-state index in [9.17, 15) is 8.42 Å². The normalized spacial score (nSPS) is 22.8. The smallest absolute Gasteiger partial charge is 0.243 e. The maximum atomic E-state index is 12.0. The Morgan fingerprint density at radius 2 is 2.47 bits per heavy atom. The zero-order valence-corrected chi connectivity index (χ0v) is 10.7. The number of H-pyrrole nitrogens is 1. The number of hydrogen-bond acceptors (Lipinski definition) is 4. The van der Waals surface area contributed by atoms with Gasteiger partial charge in [-0.05, 0) is 25.9 Å². The highest BCUT2D eigenvalue weighted by Gasteiger charge is 2.24. The van der Waals surface area contributed by atoms with Gasteiger partial charge in [-0.3, -0.25) is 5.10 Å². The van der Waals surface area contributed by atoms with Gasteiger partial charge in [-0.25, -0.2) is 13.1 Å². The van der Waals surface area contributed by atoms with E-state index in [1.807, 2.05) is 0 Å². The highest BCUT2D eigenvalue weighted by Crippen LogP contribution is 2.13. The quantitative estimate of drug-likeness (QED) is 0.807. The zero-order chi connectivity index (χ0) is 12.3. The fraction of sp³-hybridized carbons (Fsp3) is 0.700. The fourth-order valence-corrected chi connectivity index (χ4v) is 3.28. The predicted molar refractivity (Wildman–Crippen MR) is 64.0 cm³/mol. The SMILES string of the molecule is CCN1CCCC(NS(=O)(=O)c2cn[nH]c2)C1. The Morgan fingerprint density at radius 3 is 3.12 bits per heavy atom. The summed E-state index contributed by atoms with van der Waals surface area (Å²) >= 11 is 0. The molecule has 0 bridgehead atoms. The number of hydrogen-bond donors (Lipinski definition) is 2. The number of nitrogens with one attached hydrogen (secondary N) is 2. The van der Waals surface area contributed by atoms with E-state index in [2.05, 4.69) is 26.7 Å². The summed E-state index contributed by atoms with van der Waals surface area (Å²) in [7, 11) is -3.42. The topological polar surface area (TPSA) is 78.1 Å². The summed E-state index contributed by atoms with van der Waals surface area (Å²) in [6, 6.07) is 0.00333. The van der Waals surface area contributed by atoms with Gasteiger partial charge < -0.3 is 4.90 Å². The van der Waals surface area contributed by atoms with Crippen molar-refractivity contribution >= 4 is 10.0 Å². The number of rotatable bonds is 4. The first-order valence-corrected chi connectivity index (χ1v) is 7.33. The van der Waals surface area contributed by atoms with Gasteiger partial charge in [-0.2, -0.15) is 5.10 Å². The molecule has 2 N–H and O–H groups in total. The second-order valence-electron chi connectivity index (χ2n) is 4.29. The Kier molecular flexibility index (Phi) is 3.80. The van der Waals surface area contributed by atoms with Gasteiger partial charge in [0.2, 0.25) is 10.0 Å². The van der Waals surface area contributed by atoms with E-state index in [1.165, 1.54) is 12.4 Å². The van der Waals surface area contributed by atoms with Crippen molar-refractivity contribution in [2.45, 2.75) is 30.7 Å². The standard InChI is InChI=1S/C10H18N4O2S/c1-2-14-5-3-4-9(8-14)13-17(15,16)10-6-11-12-7-10/h6-7,9,13H,2-5,8H2,1H3,(H,11,12). The van der Waals surface area contributed by atoms with Crippen LogP contribution in [0.5, 0.6) is 0 Å². The van der Waals surface area contributed by atoms with Crippen LogP contribution in [0.3, 0.4) is 0 Å². The van der Waals surface area contributed by atoms with Crippen LogP contribution in [0.1, 0.15) is 19.8 Å². The molecule has 1 unspecified atom stereocenters. The third kappa shape index (κ3) is 3.05. The van der Waals surface area contributed by atoms with Crippen molar-refractivity contribution in [1.82, 2.24) is 19.8 Å². The van der Waals surface area contributed by atoms with E-state index in [-0.39, 0.29) is 10.9 Å². The van der Waals surface area contributed by atoms with Gasteiger partial charge in [0.05, 0.1) is 6.20 Å². The van der Waals surface area contributed by atoms with Crippen molar-refractivity contribution in [3.05, 3.63) is 12.4 Å². The molecule has 0 radical (unpaired) electrons. The minimum Gasteiger partial charge on any atom is -0.302 e. The van der Waals surface area contributed by atoms with Crippen LogP contribution in [0, 0.1) is 0 Å². The summed E-state index contributed by atoms with van der Waals surface area (Å²) in [4.78, 5) is 2.46. The lowest BCUT2D eigenvalue weighted by atomic mass is 10.1. The van der Waals surface area contributed by atoms with Crippen molar-refractivity contribution < 1.29 is 8.42 Å². The molecule has 2 rings (SSSR count). The van der Waals surface area contributed by atoms with Crippen LogP contribution in [0.15, 0.2) is 17.3 Å². The van der Waals surface area contributed by atoms with Gasteiger partial charge in [0.1, 0.15) is 4.90 Å². The Balaban J connectivity index is 2.01. The molecule has 0 saturated carbocycles. The molecular weight excluding hydrogens is 240 g/mol. The van der Waals surface area contributed by atoms with Gasteiger partial charge in [0.25, 0.3) is 0 Å². The van der Waals surface area contributed by atoms with E-state index in [0.717, 1.165) is 32.5 Å². The van der Waals surface area contributed by atoms with E-state index >= 15 is 0 Å². The Labute approximate surface area is 101 Å². The first-order chi connectivity index (χ1) is 8.12. The van der Waals surface area contributed by atoms with Gasteiger partial charge in [0.15, 0.2) is 0 Å². The number of aromatic amines is 1. The first-order valence-electron chi connectivity index (χ1n) is 5.85. The number of likely N-dealkylation sites (tertiary alicyclic amines) is 1. The van der Waals surface area contributed by atoms with Crippen LogP contribution < -0.4 is 4.72 Å². The Hall–Kier alpha value is -0.920. The van der Waals surface area contributed by atoms with Crippen molar-refractivity contribution in [3.63, 3.8) is 0 Å². The zero-order valence-electron chi connectivity index (χ0n) is 9.89. The summed E-state index contributed by atoms with van der Waals surface area (Å²) in [5, 5.41) is 6.17. The average Bonchev–Trinajstić information content (AvgIpc) is 2.83. The molecule has 1 fully saturated rings. The molecular formula is C10H18N4O2S. The molecule has 0 amide bonds. The van der Waals surface area contributed by atoms with Crippen molar-refractivity contribution in [3.8, 4) is 0 Å². The summed E-state index contributed by atoms with van der Waals surface area (Å²) in [6.07, 6.45) is 4.64. The molecule has 1 aliphatic rings. The van der Waals surface area contributed by atoms with Crippen LogP contribution in [0.4, 0.5) is 0 Å². The molecule has 1 aliphatic heterocycles. The largest absolute Gasteiger partial charge is 0.302 e. The maximum absolute atomic E-state index is 12.0. The van der Waals surface area contributed by atoms with Gasteiger partial charge >= 0.3 is 0 Å². The summed E-state index contributed by atoms with van der Waals surface area (Å²) in [5.41, 5.74) is 0. The monoisotopic (exact) mass is 258 g/mol. The summed E-state index contributed by atoms with van der Waals surface area (Å²) < 4.78 is 26.7. The first kappa shape index (κ1) is 12.5. The van der Waals surface area contributed by atoms with E-state index in [1.54, 1.807) is 0 Å². The van der Waals surface area contributed by atoms with Crippen LogP contribution in [0.2, 0.25) is 0 Å². The molecule has 6 nitrogen and oxygen atoms in total. The fourth-order valence-electron chi connectivity index (χ4n) is 2.11. The molecule has 0 aromatic carbocycles. The highest BCUT2D eigenvalue weighted by atomic mass is 32.2. The summed E-state index contributed by atoms with van der Waals surface area (Å²) in [5.74, 6) is 0. The Bertz CT molecular complexity index is 443. The highest BCUT2D eigenvalue weighted by molar-refractivity contribution is 7.89. The molecule has 17 heavy (non-hydrogen) atoms. The molecule has 0 aliphatic carbocycles. The van der Waals surface area contributed by atoms with Gasteiger partial charge in [0, 0.05) is 18.8 Å². The van der Waals surface area contributed by atoms with E-state index in [0.29, 0.717) is 0 Å². The molecule has 96 valence electrons. The molecule has 2 heterocycles. The molecule has 1 aromatic heterocycles. The lowest BCUT2D eigenvalue weighted by molar-refractivity contribution is 0.211. The molecule has 1 aromatic rings. The van der Waals surface area contributed by atoms with Crippen molar-refractivity contribution in [2.24, 2.45) is 0 Å². The Morgan fingerprint density at radius 1 is 1.65 bits per heavy atom. The van der Waals surface area contributed by atoms with Crippen molar-refractivity contribution in [1.29, 1.82) is 0 Å². The molecule has 0 spiro atoms. The van der Waals surface area contributed by atoms with Gasteiger partial charge in [-0.1, -0.05) is 6.92 Å².